The second-order valence-electron chi connectivity index (χ2n) is 2.94. The van der Waals surface area contributed by atoms with Crippen molar-refractivity contribution in [1.29, 1.82) is 0 Å². The number of ether oxygens (including phenoxy) is 4. The highest BCUT2D eigenvalue weighted by molar-refractivity contribution is 8.77. The molecule has 4 nitrogen and oxygen atoms in total. The maximum absolute atomic E-state index is 5.49. The van der Waals surface area contributed by atoms with Crippen LogP contribution < -0.4 is 0 Å². The fourth-order valence-corrected chi connectivity index (χ4v) is 3.43. The summed E-state index contributed by atoms with van der Waals surface area (Å²) in [6.07, 6.45) is 0. The van der Waals surface area contributed by atoms with Crippen molar-refractivity contribution in [1.82, 2.24) is 0 Å². The minimum atomic E-state index is 0.138. The lowest BCUT2D eigenvalue weighted by Gasteiger charge is -2.25. The van der Waals surface area contributed by atoms with Crippen LogP contribution in [0.1, 0.15) is 0 Å². The minimum Gasteiger partial charge on any atom is -0.375 e. The monoisotopic (exact) mass is 238 g/mol. The summed E-state index contributed by atoms with van der Waals surface area (Å²) >= 11 is 0. The molecule has 0 aromatic rings. The summed E-state index contributed by atoms with van der Waals surface area (Å²) in [5.74, 6) is 0. The van der Waals surface area contributed by atoms with Gasteiger partial charge in [0.1, 0.15) is 10.9 Å². The highest BCUT2D eigenvalue weighted by Crippen LogP contribution is 2.34. The molecule has 0 amide bonds. The summed E-state index contributed by atoms with van der Waals surface area (Å²) in [5, 5.41) is 0. The number of hydrogen-bond donors (Lipinski definition) is 0. The van der Waals surface area contributed by atoms with Crippen LogP contribution in [-0.2, 0) is 18.9 Å². The van der Waals surface area contributed by atoms with E-state index in [0.29, 0.717) is 39.6 Å². The Hall–Kier alpha value is 0.540. The lowest BCUT2D eigenvalue weighted by molar-refractivity contribution is -0.0511. The molecule has 14 heavy (non-hydrogen) atoms. The highest BCUT2D eigenvalue weighted by Gasteiger charge is 2.20. The van der Waals surface area contributed by atoms with E-state index in [4.69, 9.17) is 18.9 Å². The molecule has 0 bridgehead atoms. The molecule has 0 aliphatic carbocycles. The van der Waals surface area contributed by atoms with Crippen molar-refractivity contribution < 1.29 is 18.9 Å². The molecule has 0 saturated carbocycles. The molecule has 0 N–H and O–H groups in total. The van der Waals surface area contributed by atoms with Gasteiger partial charge in [-0.2, -0.15) is 0 Å². The van der Waals surface area contributed by atoms with Gasteiger partial charge in [0, 0.05) is 0 Å². The fraction of sp³-hybridized carbons (Fsp3) is 1.00. The zero-order valence-corrected chi connectivity index (χ0v) is 9.48. The summed E-state index contributed by atoms with van der Waals surface area (Å²) in [6, 6.07) is 0. The third kappa shape index (κ3) is 3.60. The summed E-state index contributed by atoms with van der Waals surface area (Å²) < 4.78 is 21.6. The summed E-state index contributed by atoms with van der Waals surface area (Å²) in [4.78, 5) is 0. The topological polar surface area (TPSA) is 36.9 Å². The molecule has 2 aliphatic rings. The number of rotatable bonds is 3. The minimum absolute atomic E-state index is 0.138. The molecular formula is C8H14O4S2. The first-order chi connectivity index (χ1) is 6.95. The first-order valence-electron chi connectivity index (χ1n) is 4.66. The van der Waals surface area contributed by atoms with Crippen LogP contribution in [0.4, 0.5) is 0 Å². The first-order valence-corrected chi connectivity index (χ1v) is 6.93. The molecule has 2 rings (SSSR count). The Labute approximate surface area is 91.4 Å². The quantitative estimate of drug-likeness (QED) is 0.686. The van der Waals surface area contributed by atoms with Crippen molar-refractivity contribution >= 4 is 21.6 Å². The van der Waals surface area contributed by atoms with Gasteiger partial charge in [-0.15, -0.1) is 0 Å². The molecular weight excluding hydrogens is 224 g/mol. The molecule has 2 aliphatic heterocycles. The van der Waals surface area contributed by atoms with E-state index >= 15 is 0 Å². The van der Waals surface area contributed by atoms with Crippen LogP contribution in [0.15, 0.2) is 0 Å². The van der Waals surface area contributed by atoms with Crippen molar-refractivity contribution in [3.05, 3.63) is 0 Å². The standard InChI is InChI=1S/C8H14O4S2/c1-3-11-7(5-9-1)13-14-8-6-10-2-4-12-8/h7-8H,1-6H2. The van der Waals surface area contributed by atoms with E-state index < -0.39 is 0 Å². The predicted octanol–water partition coefficient (Wildman–Crippen LogP) is 1.11. The van der Waals surface area contributed by atoms with Crippen LogP contribution in [0.3, 0.4) is 0 Å². The maximum Gasteiger partial charge on any atom is 0.136 e. The Morgan fingerprint density at radius 3 is 1.57 bits per heavy atom. The smallest absolute Gasteiger partial charge is 0.136 e. The van der Waals surface area contributed by atoms with Crippen molar-refractivity contribution in [3.8, 4) is 0 Å². The van der Waals surface area contributed by atoms with Crippen LogP contribution in [0.2, 0.25) is 0 Å². The fourth-order valence-electron chi connectivity index (χ4n) is 1.17. The van der Waals surface area contributed by atoms with Gasteiger partial charge < -0.3 is 18.9 Å². The van der Waals surface area contributed by atoms with Gasteiger partial charge in [0.25, 0.3) is 0 Å². The van der Waals surface area contributed by atoms with E-state index in [1.165, 1.54) is 0 Å². The van der Waals surface area contributed by atoms with E-state index in [2.05, 4.69) is 0 Å². The average molecular weight is 238 g/mol. The first kappa shape index (κ1) is 11.0. The van der Waals surface area contributed by atoms with Gasteiger partial charge in [-0.05, 0) is 0 Å². The Morgan fingerprint density at radius 1 is 0.714 bits per heavy atom. The van der Waals surface area contributed by atoms with Crippen LogP contribution >= 0.6 is 21.6 Å². The normalized spacial score (nSPS) is 34.3. The van der Waals surface area contributed by atoms with Gasteiger partial charge in [0.15, 0.2) is 0 Å². The van der Waals surface area contributed by atoms with Gasteiger partial charge in [0.05, 0.1) is 39.6 Å². The van der Waals surface area contributed by atoms with E-state index in [0.717, 1.165) is 0 Å². The lowest BCUT2D eigenvalue weighted by Crippen LogP contribution is -2.28. The van der Waals surface area contributed by atoms with E-state index in [-0.39, 0.29) is 10.9 Å². The molecule has 2 fully saturated rings. The third-order valence-corrected chi connectivity index (χ3v) is 4.55. The summed E-state index contributed by atoms with van der Waals surface area (Å²) in [6.45, 7) is 4.16. The van der Waals surface area contributed by atoms with E-state index in [1.807, 2.05) is 0 Å². The molecule has 2 atom stereocenters. The summed E-state index contributed by atoms with van der Waals surface area (Å²) in [7, 11) is 3.34. The SMILES string of the molecule is C1COC(SSC2COCCO2)CO1. The Kier molecular flexibility index (Phi) is 4.88. The van der Waals surface area contributed by atoms with Gasteiger partial charge in [0.2, 0.25) is 0 Å². The van der Waals surface area contributed by atoms with E-state index in [9.17, 15) is 0 Å². The molecule has 6 heteroatoms. The second-order valence-corrected chi connectivity index (χ2v) is 5.53. The van der Waals surface area contributed by atoms with Crippen molar-refractivity contribution in [2.24, 2.45) is 0 Å². The molecule has 0 radical (unpaired) electrons. The molecule has 82 valence electrons. The summed E-state index contributed by atoms with van der Waals surface area (Å²) in [5.41, 5.74) is 0.276. The van der Waals surface area contributed by atoms with Crippen molar-refractivity contribution in [2.45, 2.75) is 10.9 Å². The third-order valence-electron chi connectivity index (χ3n) is 1.84. The van der Waals surface area contributed by atoms with Crippen LogP contribution in [0.5, 0.6) is 0 Å². The van der Waals surface area contributed by atoms with Gasteiger partial charge >= 0.3 is 0 Å². The molecule has 2 unspecified atom stereocenters. The Balaban J connectivity index is 1.60. The second kappa shape index (κ2) is 6.19. The van der Waals surface area contributed by atoms with Crippen LogP contribution in [0.25, 0.3) is 0 Å². The van der Waals surface area contributed by atoms with Gasteiger partial charge in [-0.3, -0.25) is 0 Å². The van der Waals surface area contributed by atoms with E-state index in [1.54, 1.807) is 21.6 Å². The Morgan fingerprint density at radius 2 is 1.21 bits per heavy atom. The van der Waals surface area contributed by atoms with Crippen LogP contribution in [-0.4, -0.2) is 50.5 Å². The molecule has 0 spiro atoms. The highest BCUT2D eigenvalue weighted by atomic mass is 33.1. The van der Waals surface area contributed by atoms with Gasteiger partial charge in [-0.1, -0.05) is 21.6 Å². The molecule has 2 heterocycles. The lowest BCUT2D eigenvalue weighted by atomic mass is 10.6. The van der Waals surface area contributed by atoms with Gasteiger partial charge in [-0.25, -0.2) is 0 Å². The molecule has 0 aromatic carbocycles. The molecule has 2 saturated heterocycles. The predicted molar refractivity (Wildman–Crippen MR) is 56.3 cm³/mol. The number of hydrogen-bond acceptors (Lipinski definition) is 6. The Bertz CT molecular complexity index is 139. The average Bonchev–Trinajstić information content (AvgIpc) is 2.29. The van der Waals surface area contributed by atoms with Crippen molar-refractivity contribution in [2.75, 3.05) is 39.6 Å². The zero-order chi connectivity index (χ0) is 9.64. The molecule has 0 aromatic heterocycles. The maximum atomic E-state index is 5.49. The largest absolute Gasteiger partial charge is 0.375 e. The van der Waals surface area contributed by atoms with Crippen molar-refractivity contribution in [3.63, 3.8) is 0 Å². The van der Waals surface area contributed by atoms with Crippen LogP contribution in [0, 0.1) is 0 Å². The zero-order valence-electron chi connectivity index (χ0n) is 7.85.